The van der Waals surface area contributed by atoms with Gasteiger partial charge in [0.2, 0.25) is 5.75 Å². The summed E-state index contributed by atoms with van der Waals surface area (Å²) in [5, 5.41) is 11.9. The van der Waals surface area contributed by atoms with E-state index in [0.29, 0.717) is 5.75 Å². The van der Waals surface area contributed by atoms with Gasteiger partial charge in [0, 0.05) is 11.4 Å². The van der Waals surface area contributed by atoms with E-state index < -0.39 is 4.92 Å². The molecule has 0 amide bonds. The molecule has 0 N–H and O–H groups in total. The number of rotatable bonds is 4. The van der Waals surface area contributed by atoms with E-state index in [1.165, 1.54) is 12.1 Å². The first-order valence-electron chi connectivity index (χ1n) is 5.79. The number of para-hydroxylation sites is 1. The van der Waals surface area contributed by atoms with Crippen LogP contribution in [0.5, 0.6) is 11.5 Å². The van der Waals surface area contributed by atoms with Crippen LogP contribution in [0.1, 0.15) is 11.1 Å². The Morgan fingerprint density at radius 1 is 1.35 bits per heavy atom. The van der Waals surface area contributed by atoms with Gasteiger partial charge in [-0.25, -0.2) is 0 Å². The maximum absolute atomic E-state index is 11.0. The summed E-state index contributed by atoms with van der Waals surface area (Å²) < 4.78 is 5.59. The van der Waals surface area contributed by atoms with Crippen molar-refractivity contribution in [1.82, 2.24) is 0 Å². The molecule has 6 heteroatoms. The Hall–Kier alpha value is -1.59. The van der Waals surface area contributed by atoms with Gasteiger partial charge in [-0.05, 0) is 36.2 Å². The molecule has 0 radical (unpaired) electrons. The summed E-state index contributed by atoms with van der Waals surface area (Å²) in [4.78, 5) is 10.5. The van der Waals surface area contributed by atoms with Crippen LogP contribution in [0.2, 0.25) is 5.02 Å². The van der Waals surface area contributed by atoms with E-state index in [2.05, 4.69) is 15.9 Å². The Balaban J connectivity index is 2.39. The maximum Gasteiger partial charge on any atom is 0.313 e. The van der Waals surface area contributed by atoms with Crippen molar-refractivity contribution in [1.29, 1.82) is 0 Å². The first kappa shape index (κ1) is 14.8. The summed E-state index contributed by atoms with van der Waals surface area (Å²) in [7, 11) is 0. The van der Waals surface area contributed by atoms with E-state index in [1.807, 2.05) is 19.1 Å². The molecular weight excluding hydrogens is 346 g/mol. The third kappa shape index (κ3) is 3.11. The minimum absolute atomic E-state index is 0.0603. The number of hydrogen-bond donors (Lipinski definition) is 0. The second-order valence-corrected chi connectivity index (χ2v) is 5.14. The molecule has 0 aliphatic heterocycles. The van der Waals surface area contributed by atoms with Gasteiger partial charge in [0.15, 0.2) is 0 Å². The molecule has 0 aliphatic carbocycles. The van der Waals surface area contributed by atoms with Crippen LogP contribution in [-0.4, -0.2) is 4.92 Å². The molecule has 0 unspecified atom stereocenters. The Kier molecular flexibility index (Phi) is 4.62. The predicted molar refractivity (Wildman–Crippen MR) is 82.0 cm³/mol. The number of nitrogens with zero attached hydrogens (tertiary/aromatic N) is 1. The van der Waals surface area contributed by atoms with Gasteiger partial charge >= 0.3 is 5.69 Å². The molecule has 0 heterocycles. The second kappa shape index (κ2) is 6.24. The van der Waals surface area contributed by atoms with Crippen molar-refractivity contribution < 1.29 is 9.66 Å². The van der Waals surface area contributed by atoms with Crippen LogP contribution in [0, 0.1) is 17.0 Å². The third-order valence-electron chi connectivity index (χ3n) is 2.82. The highest BCUT2D eigenvalue weighted by atomic mass is 79.9. The lowest BCUT2D eigenvalue weighted by Crippen LogP contribution is -1.95. The first-order valence-corrected chi connectivity index (χ1v) is 7.29. The molecule has 0 saturated carbocycles. The lowest BCUT2D eigenvalue weighted by atomic mass is 10.1. The lowest BCUT2D eigenvalue weighted by Gasteiger charge is -2.10. The lowest BCUT2D eigenvalue weighted by molar-refractivity contribution is -0.385. The zero-order chi connectivity index (χ0) is 14.7. The molecule has 104 valence electrons. The summed E-state index contributed by atoms with van der Waals surface area (Å²) in [5.74, 6) is 0.577. The zero-order valence-corrected chi connectivity index (χ0v) is 12.9. The van der Waals surface area contributed by atoms with Crippen LogP contribution in [0.25, 0.3) is 0 Å². The number of nitro groups is 1. The third-order valence-corrected chi connectivity index (χ3v) is 3.72. The summed E-state index contributed by atoms with van der Waals surface area (Å²) in [6.07, 6.45) is 0. The molecule has 20 heavy (non-hydrogen) atoms. The van der Waals surface area contributed by atoms with Crippen molar-refractivity contribution in [2.75, 3.05) is 0 Å². The monoisotopic (exact) mass is 355 g/mol. The topological polar surface area (TPSA) is 52.4 Å². The average Bonchev–Trinajstić information content (AvgIpc) is 2.41. The van der Waals surface area contributed by atoms with E-state index in [-0.39, 0.29) is 16.5 Å². The molecule has 2 aromatic rings. The normalized spacial score (nSPS) is 10.3. The highest BCUT2D eigenvalue weighted by molar-refractivity contribution is 9.08. The number of nitro benzene ring substituents is 1. The molecule has 0 aliphatic rings. The molecule has 0 aromatic heterocycles. The van der Waals surface area contributed by atoms with Crippen LogP contribution in [-0.2, 0) is 5.33 Å². The number of aryl methyl sites for hydroxylation is 1. The van der Waals surface area contributed by atoms with Crippen molar-refractivity contribution in [3.05, 3.63) is 62.7 Å². The SMILES string of the molecule is Cc1cc(Oc2c(Cl)cccc2[N+](=O)[O-])ccc1CBr. The minimum Gasteiger partial charge on any atom is -0.449 e. The second-order valence-electron chi connectivity index (χ2n) is 4.17. The fraction of sp³-hybridized carbons (Fsp3) is 0.143. The molecule has 0 fully saturated rings. The van der Waals surface area contributed by atoms with Crippen LogP contribution >= 0.6 is 27.5 Å². The molecule has 2 rings (SSSR count). The summed E-state index contributed by atoms with van der Waals surface area (Å²) in [6, 6.07) is 9.93. The van der Waals surface area contributed by atoms with Crippen LogP contribution < -0.4 is 4.74 Å². The highest BCUT2D eigenvalue weighted by Gasteiger charge is 2.19. The molecule has 4 nitrogen and oxygen atoms in total. The van der Waals surface area contributed by atoms with E-state index in [4.69, 9.17) is 16.3 Å². The number of halogens is 2. The van der Waals surface area contributed by atoms with E-state index in [9.17, 15) is 10.1 Å². The molecule has 0 saturated heterocycles. The quantitative estimate of drug-likeness (QED) is 0.427. The number of benzene rings is 2. The highest BCUT2D eigenvalue weighted by Crippen LogP contribution is 2.38. The Morgan fingerprint density at radius 3 is 2.70 bits per heavy atom. The van der Waals surface area contributed by atoms with Gasteiger partial charge in [0.05, 0.1) is 9.95 Å². The first-order chi connectivity index (χ1) is 9.52. The van der Waals surface area contributed by atoms with Gasteiger partial charge in [-0.1, -0.05) is 39.7 Å². The van der Waals surface area contributed by atoms with Crippen molar-refractivity contribution in [2.24, 2.45) is 0 Å². The Labute approximate surface area is 129 Å². The van der Waals surface area contributed by atoms with Crippen LogP contribution in [0.3, 0.4) is 0 Å². The summed E-state index contributed by atoms with van der Waals surface area (Å²) in [6.45, 7) is 1.95. The Bertz CT molecular complexity index is 661. The average molecular weight is 357 g/mol. The standard InChI is InChI=1S/C14H11BrClNO3/c1-9-7-11(6-5-10(9)8-15)20-14-12(16)3-2-4-13(14)17(18)19/h2-7H,8H2,1H3. The summed E-state index contributed by atoms with van der Waals surface area (Å²) in [5.41, 5.74) is 2.01. The predicted octanol–water partition coefficient (Wildman–Crippen LogP) is 5.24. The van der Waals surface area contributed by atoms with Crippen molar-refractivity contribution >= 4 is 33.2 Å². The van der Waals surface area contributed by atoms with Crippen molar-refractivity contribution in [3.8, 4) is 11.5 Å². The molecule has 0 spiro atoms. The van der Waals surface area contributed by atoms with Gasteiger partial charge in [-0.2, -0.15) is 0 Å². The van der Waals surface area contributed by atoms with Crippen LogP contribution in [0.4, 0.5) is 5.69 Å². The Morgan fingerprint density at radius 2 is 2.10 bits per heavy atom. The molecule has 0 bridgehead atoms. The van der Waals surface area contributed by atoms with Gasteiger partial charge in [0.1, 0.15) is 5.75 Å². The number of ether oxygens (including phenoxy) is 1. The van der Waals surface area contributed by atoms with Crippen molar-refractivity contribution in [3.63, 3.8) is 0 Å². The summed E-state index contributed by atoms with van der Waals surface area (Å²) >= 11 is 9.38. The fourth-order valence-electron chi connectivity index (χ4n) is 1.74. The van der Waals surface area contributed by atoms with Gasteiger partial charge in [-0.15, -0.1) is 0 Å². The van der Waals surface area contributed by atoms with Crippen molar-refractivity contribution in [2.45, 2.75) is 12.3 Å². The number of alkyl halides is 1. The fourth-order valence-corrected chi connectivity index (χ4v) is 2.58. The maximum atomic E-state index is 11.0. The van der Waals surface area contributed by atoms with Gasteiger partial charge < -0.3 is 4.74 Å². The smallest absolute Gasteiger partial charge is 0.313 e. The number of hydrogen-bond acceptors (Lipinski definition) is 3. The van der Waals surface area contributed by atoms with E-state index in [0.717, 1.165) is 16.5 Å². The minimum atomic E-state index is -0.513. The molecule has 0 atom stereocenters. The van der Waals surface area contributed by atoms with Gasteiger partial charge in [0.25, 0.3) is 0 Å². The van der Waals surface area contributed by atoms with E-state index >= 15 is 0 Å². The van der Waals surface area contributed by atoms with E-state index in [1.54, 1.807) is 12.1 Å². The van der Waals surface area contributed by atoms with Gasteiger partial charge in [-0.3, -0.25) is 10.1 Å². The zero-order valence-electron chi connectivity index (χ0n) is 10.6. The molecular formula is C14H11BrClNO3. The largest absolute Gasteiger partial charge is 0.449 e. The van der Waals surface area contributed by atoms with Crippen LogP contribution in [0.15, 0.2) is 36.4 Å². The molecule has 2 aromatic carbocycles.